The zero-order valence-electron chi connectivity index (χ0n) is 17.9. The van der Waals surface area contributed by atoms with Gasteiger partial charge in [-0.2, -0.15) is 5.26 Å². The largest absolute Gasteiger partial charge is 0.193 e. The molecule has 1 heteroatoms. The number of nitrogens with zero attached hydrogens (tertiary/aromatic N) is 1. The Balaban J connectivity index is 1.30. The second-order valence-electron chi connectivity index (χ2n) is 9.39. The number of aryl methyl sites for hydroxylation is 1. The number of hydrogen-bond acceptors (Lipinski definition) is 1. The van der Waals surface area contributed by atoms with Gasteiger partial charge in [0.25, 0.3) is 0 Å². The van der Waals surface area contributed by atoms with E-state index >= 15 is 0 Å². The molecule has 28 heavy (non-hydrogen) atoms. The van der Waals surface area contributed by atoms with Crippen molar-refractivity contribution in [3.05, 3.63) is 47.5 Å². The molecule has 1 aromatic rings. The summed E-state index contributed by atoms with van der Waals surface area (Å²) in [7, 11) is 0. The maximum atomic E-state index is 8.56. The third-order valence-electron chi connectivity index (χ3n) is 7.59. The minimum Gasteiger partial charge on any atom is -0.193 e. The molecule has 0 aromatic heterocycles. The topological polar surface area (TPSA) is 23.8 Å². The first-order chi connectivity index (χ1) is 13.8. The Kier molecular flexibility index (Phi) is 8.66. The summed E-state index contributed by atoms with van der Waals surface area (Å²) in [5.41, 5.74) is 3.05. The Hall–Kier alpha value is -1.55. The zero-order valence-corrected chi connectivity index (χ0v) is 17.9. The van der Waals surface area contributed by atoms with E-state index < -0.39 is 0 Å². The van der Waals surface area contributed by atoms with Gasteiger partial charge in [0, 0.05) is 6.08 Å². The van der Waals surface area contributed by atoms with Crippen LogP contribution in [-0.2, 0) is 6.42 Å². The van der Waals surface area contributed by atoms with Crippen molar-refractivity contribution in [1.29, 1.82) is 5.26 Å². The van der Waals surface area contributed by atoms with Gasteiger partial charge in [0.1, 0.15) is 0 Å². The van der Waals surface area contributed by atoms with Gasteiger partial charge in [0.15, 0.2) is 0 Å². The van der Waals surface area contributed by atoms with E-state index in [1.165, 1.54) is 76.2 Å². The van der Waals surface area contributed by atoms with E-state index in [4.69, 9.17) is 5.26 Å². The summed E-state index contributed by atoms with van der Waals surface area (Å²) in [6, 6.07) is 11.5. The van der Waals surface area contributed by atoms with Gasteiger partial charge in [0.2, 0.25) is 0 Å². The lowest BCUT2D eigenvalue weighted by molar-refractivity contribution is 0.225. The molecular formula is C27H39N. The molecule has 0 aliphatic heterocycles. The first-order valence-corrected chi connectivity index (χ1v) is 11.9. The number of allylic oxidation sites excluding steroid dienone is 2. The molecule has 0 spiro atoms. The summed E-state index contributed by atoms with van der Waals surface area (Å²) < 4.78 is 0. The van der Waals surface area contributed by atoms with Crippen molar-refractivity contribution in [2.45, 2.75) is 96.3 Å². The molecule has 0 amide bonds. The van der Waals surface area contributed by atoms with Crippen molar-refractivity contribution in [1.82, 2.24) is 0 Å². The average molecular weight is 378 g/mol. The van der Waals surface area contributed by atoms with Gasteiger partial charge >= 0.3 is 0 Å². The van der Waals surface area contributed by atoms with Gasteiger partial charge in [-0.05, 0) is 79.7 Å². The Morgan fingerprint density at radius 2 is 1.36 bits per heavy atom. The minimum atomic E-state index is 0.813. The standard InChI is InChI=1S/C27H39N/c1-2-22-13-17-26(18-14-22)27-19-15-25(16-20-27)12-11-24-9-7-23(8-10-24)6-4-3-5-21-28/h3,5,13-14,17-18,23-25,27H,2,4,6-12,15-16,19-20H2,1H3/t23-,24-,25-,27-. The molecule has 0 bridgehead atoms. The van der Waals surface area contributed by atoms with Crippen molar-refractivity contribution >= 4 is 0 Å². The summed E-state index contributed by atoms with van der Waals surface area (Å²) in [6.45, 7) is 2.24. The SMILES string of the molecule is CCc1ccc([C@H]2CC[C@H](CC[C@H]3CC[C@H](CCC=CC#N)CC3)CC2)cc1. The van der Waals surface area contributed by atoms with E-state index in [1.807, 2.05) is 6.08 Å². The van der Waals surface area contributed by atoms with Crippen LogP contribution in [0.2, 0.25) is 0 Å². The minimum absolute atomic E-state index is 0.813. The molecule has 2 aliphatic carbocycles. The van der Waals surface area contributed by atoms with E-state index in [9.17, 15) is 0 Å². The normalized spacial score (nSPS) is 28.3. The molecule has 0 N–H and O–H groups in total. The highest BCUT2D eigenvalue weighted by Gasteiger charge is 2.25. The first kappa shape index (κ1) is 21.2. The van der Waals surface area contributed by atoms with E-state index in [-0.39, 0.29) is 0 Å². The van der Waals surface area contributed by atoms with Gasteiger partial charge in [-0.25, -0.2) is 0 Å². The highest BCUT2D eigenvalue weighted by Crippen LogP contribution is 2.40. The van der Waals surface area contributed by atoms with Crippen molar-refractivity contribution in [2.75, 3.05) is 0 Å². The lowest BCUT2D eigenvalue weighted by Gasteiger charge is -2.32. The predicted molar refractivity (Wildman–Crippen MR) is 119 cm³/mol. The van der Waals surface area contributed by atoms with Gasteiger partial charge in [-0.3, -0.25) is 0 Å². The summed E-state index contributed by atoms with van der Waals surface area (Å²) in [6.07, 6.45) is 21.6. The van der Waals surface area contributed by atoms with Gasteiger partial charge in [-0.1, -0.05) is 75.8 Å². The fourth-order valence-corrected chi connectivity index (χ4v) is 5.56. The third-order valence-corrected chi connectivity index (χ3v) is 7.59. The molecular weight excluding hydrogens is 338 g/mol. The van der Waals surface area contributed by atoms with Crippen LogP contribution < -0.4 is 0 Å². The van der Waals surface area contributed by atoms with Gasteiger partial charge in [0.05, 0.1) is 6.07 Å². The third kappa shape index (κ3) is 6.51. The summed E-state index contributed by atoms with van der Waals surface area (Å²) in [5, 5.41) is 8.56. The van der Waals surface area contributed by atoms with Gasteiger partial charge in [-0.15, -0.1) is 0 Å². The number of nitriles is 1. The molecule has 2 saturated carbocycles. The van der Waals surface area contributed by atoms with Crippen molar-refractivity contribution in [3.63, 3.8) is 0 Å². The lowest BCUT2D eigenvalue weighted by atomic mass is 9.74. The van der Waals surface area contributed by atoms with Crippen LogP contribution in [0.25, 0.3) is 0 Å². The second-order valence-corrected chi connectivity index (χ2v) is 9.39. The molecule has 152 valence electrons. The van der Waals surface area contributed by atoms with E-state index in [0.29, 0.717) is 0 Å². The molecule has 1 aromatic carbocycles. The van der Waals surface area contributed by atoms with Crippen molar-refractivity contribution in [2.24, 2.45) is 17.8 Å². The fraction of sp³-hybridized carbons (Fsp3) is 0.667. The monoisotopic (exact) mass is 377 g/mol. The van der Waals surface area contributed by atoms with Crippen molar-refractivity contribution < 1.29 is 0 Å². The first-order valence-electron chi connectivity index (χ1n) is 11.9. The lowest BCUT2D eigenvalue weighted by Crippen LogP contribution is -2.17. The molecule has 0 heterocycles. The molecule has 3 rings (SSSR count). The Morgan fingerprint density at radius 1 is 0.821 bits per heavy atom. The fourth-order valence-electron chi connectivity index (χ4n) is 5.56. The summed E-state index contributed by atoms with van der Waals surface area (Å²) in [4.78, 5) is 0. The van der Waals surface area contributed by atoms with Crippen LogP contribution in [-0.4, -0.2) is 0 Å². The highest BCUT2D eigenvalue weighted by atomic mass is 14.3. The maximum Gasteiger partial charge on any atom is 0.0908 e. The number of rotatable bonds is 8. The van der Waals surface area contributed by atoms with Crippen LogP contribution >= 0.6 is 0 Å². The smallest absolute Gasteiger partial charge is 0.0908 e. The van der Waals surface area contributed by atoms with E-state index in [2.05, 4.69) is 37.3 Å². The Labute approximate surface area is 173 Å². The molecule has 2 aliphatic rings. The summed E-state index contributed by atoms with van der Waals surface area (Å²) in [5.74, 6) is 3.70. The molecule has 2 fully saturated rings. The Bertz CT molecular complexity index is 619. The average Bonchev–Trinajstić information content (AvgIpc) is 2.76. The molecule has 0 atom stereocenters. The van der Waals surface area contributed by atoms with Gasteiger partial charge < -0.3 is 0 Å². The Morgan fingerprint density at radius 3 is 1.89 bits per heavy atom. The second kappa shape index (κ2) is 11.5. The zero-order chi connectivity index (χ0) is 19.6. The predicted octanol–water partition coefficient (Wildman–Crippen LogP) is 7.97. The van der Waals surface area contributed by atoms with E-state index in [1.54, 1.807) is 11.6 Å². The number of hydrogen-bond donors (Lipinski definition) is 0. The molecule has 0 unspecified atom stereocenters. The molecule has 0 saturated heterocycles. The number of benzene rings is 1. The van der Waals surface area contributed by atoms with Crippen LogP contribution in [0, 0.1) is 29.1 Å². The van der Waals surface area contributed by atoms with Crippen LogP contribution in [0.4, 0.5) is 0 Å². The summed E-state index contributed by atoms with van der Waals surface area (Å²) >= 11 is 0. The molecule has 1 nitrogen and oxygen atoms in total. The van der Waals surface area contributed by atoms with E-state index in [0.717, 1.165) is 36.5 Å². The van der Waals surface area contributed by atoms with Crippen LogP contribution in [0.15, 0.2) is 36.4 Å². The molecule has 0 radical (unpaired) electrons. The van der Waals surface area contributed by atoms with Crippen molar-refractivity contribution in [3.8, 4) is 6.07 Å². The van der Waals surface area contributed by atoms with Crippen LogP contribution in [0.5, 0.6) is 0 Å². The van der Waals surface area contributed by atoms with Crippen LogP contribution in [0.3, 0.4) is 0 Å². The van der Waals surface area contributed by atoms with Crippen LogP contribution in [0.1, 0.15) is 101 Å². The maximum absolute atomic E-state index is 8.56. The highest BCUT2D eigenvalue weighted by molar-refractivity contribution is 5.25. The quantitative estimate of drug-likeness (QED) is 0.421.